The summed E-state index contributed by atoms with van der Waals surface area (Å²) >= 11 is 0. The van der Waals surface area contributed by atoms with Crippen molar-refractivity contribution in [2.75, 3.05) is 31.2 Å². The van der Waals surface area contributed by atoms with Gasteiger partial charge in [-0.1, -0.05) is 0 Å². The molecule has 4 rings (SSSR count). The first-order chi connectivity index (χ1) is 17.0. The zero-order chi connectivity index (χ0) is 26.2. The van der Waals surface area contributed by atoms with E-state index in [0.29, 0.717) is 56.1 Å². The number of urea groups is 1. The fourth-order valence-corrected chi connectivity index (χ4v) is 5.80. The Kier molecular flexibility index (Phi) is 6.75. The normalized spacial score (nSPS) is 16.7. The molecule has 3 amide bonds. The molecule has 190 valence electrons. The molecule has 1 fully saturated rings. The van der Waals surface area contributed by atoms with Crippen LogP contribution < -0.4 is 11.1 Å². The highest BCUT2D eigenvalue weighted by Gasteiger charge is 2.36. The maximum absolute atomic E-state index is 12.9. The Morgan fingerprint density at radius 2 is 1.75 bits per heavy atom. The number of anilines is 1. The number of amides is 3. The summed E-state index contributed by atoms with van der Waals surface area (Å²) in [6.45, 7) is 1.32. The predicted molar refractivity (Wildman–Crippen MR) is 129 cm³/mol. The zero-order valence-corrected chi connectivity index (χ0v) is 20.4. The number of carbonyl (C=O) groups is 3. The molecule has 12 nitrogen and oxygen atoms in total. The number of primary amides is 1. The number of piperidine rings is 1. The zero-order valence-electron chi connectivity index (χ0n) is 19.6. The Morgan fingerprint density at radius 1 is 1.11 bits per heavy atom. The van der Waals surface area contributed by atoms with Gasteiger partial charge in [-0.3, -0.25) is 4.79 Å². The van der Waals surface area contributed by atoms with Gasteiger partial charge in [0.2, 0.25) is 10.0 Å². The van der Waals surface area contributed by atoms with E-state index < -0.39 is 27.9 Å². The van der Waals surface area contributed by atoms with Gasteiger partial charge in [0, 0.05) is 43.5 Å². The average molecular weight is 515 g/mol. The van der Waals surface area contributed by atoms with Crippen molar-refractivity contribution in [3.05, 3.63) is 52.3 Å². The minimum atomic E-state index is -3.31. The number of hydrogen-bond donors (Lipinski definition) is 3. The van der Waals surface area contributed by atoms with Crippen LogP contribution in [0.5, 0.6) is 0 Å². The van der Waals surface area contributed by atoms with Crippen LogP contribution >= 0.6 is 0 Å². The first kappa shape index (κ1) is 25.2. The first-order valence-corrected chi connectivity index (χ1v) is 13.2. The number of nitriles is 1. The number of hydrogen-bond acceptors (Lipinski definition) is 6. The maximum Gasteiger partial charge on any atom is 0.335 e. The fourth-order valence-electron chi connectivity index (χ4n) is 4.92. The van der Waals surface area contributed by atoms with Gasteiger partial charge >= 0.3 is 12.0 Å². The molecular weight excluding hydrogens is 488 g/mol. The predicted octanol–water partition coefficient (Wildman–Crippen LogP) is 1.34. The summed E-state index contributed by atoms with van der Waals surface area (Å²) in [5, 5.41) is 21.7. The van der Waals surface area contributed by atoms with Crippen LogP contribution in [-0.2, 0) is 23.1 Å². The lowest BCUT2D eigenvalue weighted by molar-refractivity contribution is 0.0696. The van der Waals surface area contributed by atoms with Crippen molar-refractivity contribution >= 4 is 33.6 Å². The second-order valence-electron chi connectivity index (χ2n) is 8.88. The lowest BCUT2D eigenvalue weighted by atomic mass is 9.91. The fraction of sp³-hybridized carbons (Fsp3) is 0.391. The SMILES string of the molecule is CS(=O)(=O)N1CCC(c2c(C#N)c(C(N)=O)c3n2CCN(C(=O)Nc2ccc(C(=O)O)cc2)C3)CC1. The molecule has 3 heterocycles. The largest absolute Gasteiger partial charge is 0.478 e. The number of nitrogens with zero attached hydrogens (tertiary/aromatic N) is 4. The molecule has 0 aliphatic carbocycles. The van der Waals surface area contributed by atoms with Crippen LogP contribution in [0.2, 0.25) is 0 Å². The second kappa shape index (κ2) is 9.63. The van der Waals surface area contributed by atoms with Crippen LogP contribution in [0.1, 0.15) is 56.4 Å². The molecule has 0 saturated carbocycles. The summed E-state index contributed by atoms with van der Waals surface area (Å²) in [6.07, 6.45) is 2.17. The van der Waals surface area contributed by atoms with Gasteiger partial charge in [-0.05, 0) is 37.1 Å². The van der Waals surface area contributed by atoms with Crippen LogP contribution in [0, 0.1) is 11.3 Å². The molecule has 13 heteroatoms. The average Bonchev–Trinajstić information content (AvgIpc) is 3.17. The van der Waals surface area contributed by atoms with E-state index in [9.17, 15) is 28.1 Å². The van der Waals surface area contributed by atoms with Crippen LogP contribution in [0.25, 0.3) is 0 Å². The van der Waals surface area contributed by atoms with Crippen LogP contribution in [0.15, 0.2) is 24.3 Å². The highest BCUT2D eigenvalue weighted by Crippen LogP contribution is 2.37. The Morgan fingerprint density at radius 3 is 2.28 bits per heavy atom. The molecular formula is C23H26N6O6S. The van der Waals surface area contributed by atoms with Gasteiger partial charge in [0.1, 0.15) is 6.07 Å². The van der Waals surface area contributed by atoms with Gasteiger partial charge < -0.3 is 25.6 Å². The quantitative estimate of drug-likeness (QED) is 0.538. The number of rotatable bonds is 5. The van der Waals surface area contributed by atoms with Crippen molar-refractivity contribution in [2.24, 2.45) is 5.73 Å². The van der Waals surface area contributed by atoms with E-state index in [1.54, 1.807) is 0 Å². The van der Waals surface area contributed by atoms with E-state index >= 15 is 0 Å². The molecule has 2 aliphatic rings. The molecule has 1 aromatic heterocycles. The van der Waals surface area contributed by atoms with E-state index in [-0.39, 0.29) is 29.2 Å². The summed E-state index contributed by atoms with van der Waals surface area (Å²) in [6, 6.07) is 7.40. The minimum absolute atomic E-state index is 0.0498. The first-order valence-electron chi connectivity index (χ1n) is 11.3. The van der Waals surface area contributed by atoms with Gasteiger partial charge in [-0.25, -0.2) is 22.3 Å². The number of aromatic carboxylic acids is 1. The maximum atomic E-state index is 12.9. The molecule has 0 atom stereocenters. The van der Waals surface area contributed by atoms with Gasteiger partial charge in [0.05, 0.1) is 35.2 Å². The number of aromatic nitrogens is 1. The number of sulfonamides is 1. The molecule has 2 aliphatic heterocycles. The highest BCUT2D eigenvalue weighted by molar-refractivity contribution is 7.88. The summed E-state index contributed by atoms with van der Waals surface area (Å²) in [5.41, 5.74) is 7.57. The molecule has 1 saturated heterocycles. The van der Waals surface area contributed by atoms with E-state index in [2.05, 4.69) is 11.4 Å². The van der Waals surface area contributed by atoms with Crippen molar-refractivity contribution in [1.82, 2.24) is 13.8 Å². The van der Waals surface area contributed by atoms with Gasteiger partial charge in [0.15, 0.2) is 0 Å². The molecule has 0 radical (unpaired) electrons. The third-order valence-electron chi connectivity index (χ3n) is 6.68. The molecule has 2 aromatic rings. The number of carbonyl (C=O) groups excluding carboxylic acids is 2. The number of benzene rings is 1. The molecule has 36 heavy (non-hydrogen) atoms. The molecule has 4 N–H and O–H groups in total. The highest BCUT2D eigenvalue weighted by atomic mass is 32.2. The van der Waals surface area contributed by atoms with Gasteiger partial charge in [0.25, 0.3) is 5.91 Å². The topological polar surface area (TPSA) is 179 Å². The summed E-state index contributed by atoms with van der Waals surface area (Å²) < 4.78 is 27.1. The van der Waals surface area contributed by atoms with Crippen molar-refractivity contribution in [1.29, 1.82) is 5.26 Å². The third-order valence-corrected chi connectivity index (χ3v) is 7.99. The van der Waals surface area contributed by atoms with E-state index in [1.807, 2.05) is 4.57 Å². The molecule has 0 unspecified atom stereocenters. The number of fused-ring (bicyclic) bond motifs is 1. The van der Waals surface area contributed by atoms with Crippen LogP contribution in [0.3, 0.4) is 0 Å². The lowest BCUT2D eigenvalue weighted by Crippen LogP contribution is -2.42. The summed E-state index contributed by atoms with van der Waals surface area (Å²) in [5.74, 6) is -1.96. The smallest absolute Gasteiger partial charge is 0.335 e. The monoisotopic (exact) mass is 514 g/mol. The summed E-state index contributed by atoms with van der Waals surface area (Å²) in [7, 11) is -3.31. The molecule has 0 bridgehead atoms. The van der Waals surface area contributed by atoms with Crippen LogP contribution in [0.4, 0.5) is 10.5 Å². The lowest BCUT2D eigenvalue weighted by Gasteiger charge is -2.34. The Balaban J connectivity index is 1.59. The molecule has 1 aromatic carbocycles. The van der Waals surface area contributed by atoms with Gasteiger partial charge in [-0.15, -0.1) is 0 Å². The van der Waals surface area contributed by atoms with E-state index in [1.165, 1.54) is 39.7 Å². The Bertz CT molecular complexity index is 1370. The van der Waals surface area contributed by atoms with Crippen molar-refractivity contribution < 1.29 is 27.9 Å². The van der Waals surface area contributed by atoms with E-state index in [4.69, 9.17) is 10.8 Å². The van der Waals surface area contributed by atoms with Crippen molar-refractivity contribution in [3.63, 3.8) is 0 Å². The summed E-state index contributed by atoms with van der Waals surface area (Å²) in [4.78, 5) is 37.8. The number of nitrogens with one attached hydrogen (secondary N) is 1. The minimum Gasteiger partial charge on any atom is -0.478 e. The van der Waals surface area contributed by atoms with Gasteiger partial charge in [-0.2, -0.15) is 5.26 Å². The van der Waals surface area contributed by atoms with E-state index in [0.717, 1.165) is 0 Å². The number of carboxylic acids is 1. The second-order valence-corrected chi connectivity index (χ2v) is 10.9. The molecule has 0 spiro atoms. The third kappa shape index (κ3) is 4.77. The van der Waals surface area contributed by atoms with Crippen molar-refractivity contribution in [2.45, 2.75) is 31.8 Å². The number of carboxylic acid groups (broad SMARTS) is 1. The Labute approximate surface area is 207 Å². The van der Waals surface area contributed by atoms with Crippen molar-refractivity contribution in [3.8, 4) is 6.07 Å². The van der Waals surface area contributed by atoms with Crippen LogP contribution in [-0.4, -0.2) is 71.1 Å². The Hall–Kier alpha value is -3.89. The number of nitrogens with two attached hydrogens (primary N) is 1. The standard InChI is InChI=1S/C23H26N6O6S/c1-36(34,35)28-8-6-14(7-9-28)20-17(12-24)19(21(25)30)18-13-27(10-11-29(18)20)23(33)26-16-4-2-15(3-5-16)22(31)32/h2-5,14H,6-11,13H2,1H3,(H2,25,30)(H,26,33)(H,31,32).